The number of ether oxygens (including phenoxy) is 1. The quantitative estimate of drug-likeness (QED) is 0.233. The van der Waals surface area contributed by atoms with Crippen LogP contribution in [0, 0.1) is 0 Å². The lowest BCUT2D eigenvalue weighted by atomic mass is 10.0. The first-order chi connectivity index (χ1) is 10.4. The van der Waals surface area contributed by atoms with Crippen molar-refractivity contribution in [2.24, 2.45) is 0 Å². The number of carbonyl (C=O) groups is 1. The number of hydrogen-bond donors (Lipinski definition) is 0. The Morgan fingerprint density at radius 1 is 0.909 bits per heavy atom. The van der Waals surface area contributed by atoms with Crippen LogP contribution in [0.2, 0.25) is 19.6 Å². The summed E-state index contributed by atoms with van der Waals surface area (Å²) in [6, 6.07) is 0. The molecule has 0 amide bonds. The van der Waals surface area contributed by atoms with Crippen LogP contribution in [0.3, 0.4) is 0 Å². The molecule has 0 radical (unpaired) electrons. The van der Waals surface area contributed by atoms with E-state index in [1.54, 1.807) is 0 Å². The second kappa shape index (κ2) is 13.1. The van der Waals surface area contributed by atoms with Crippen molar-refractivity contribution in [1.29, 1.82) is 0 Å². The molecule has 0 N–H and O–H groups in total. The summed E-state index contributed by atoms with van der Waals surface area (Å²) in [5.74, 6) is -0.154. The number of esters is 1. The van der Waals surface area contributed by atoms with Crippen LogP contribution >= 0.6 is 0 Å². The Labute approximate surface area is 139 Å². The zero-order valence-corrected chi connectivity index (χ0v) is 16.6. The van der Waals surface area contributed by atoms with Crippen molar-refractivity contribution in [1.82, 2.24) is 0 Å². The fourth-order valence-electron chi connectivity index (χ4n) is 2.65. The standard InChI is InChI=1S/C18H38O3Si/c1-6-7-8-9-10-11-12-13-14-15-17(16-18(19)20-2)21-22(3,4)5/h17H,6-16H2,1-5H3. The predicted molar refractivity (Wildman–Crippen MR) is 96.7 cm³/mol. The van der Waals surface area contributed by atoms with Crippen LogP contribution < -0.4 is 0 Å². The van der Waals surface area contributed by atoms with E-state index in [4.69, 9.17) is 9.16 Å². The van der Waals surface area contributed by atoms with Gasteiger partial charge in [-0.1, -0.05) is 64.7 Å². The molecular formula is C18H38O3Si. The third-order valence-electron chi connectivity index (χ3n) is 3.77. The van der Waals surface area contributed by atoms with E-state index in [-0.39, 0.29) is 12.1 Å². The largest absolute Gasteiger partial charge is 0.469 e. The summed E-state index contributed by atoms with van der Waals surface area (Å²) in [5, 5.41) is 0. The van der Waals surface area contributed by atoms with Gasteiger partial charge < -0.3 is 9.16 Å². The molecule has 0 rings (SSSR count). The maximum absolute atomic E-state index is 11.5. The van der Waals surface area contributed by atoms with E-state index in [0.29, 0.717) is 6.42 Å². The smallest absolute Gasteiger partial charge is 0.308 e. The monoisotopic (exact) mass is 330 g/mol. The van der Waals surface area contributed by atoms with E-state index >= 15 is 0 Å². The van der Waals surface area contributed by atoms with Crippen molar-refractivity contribution < 1.29 is 14.0 Å². The SMILES string of the molecule is CCCCCCCCCCCC(CC(=O)OC)O[Si](C)(C)C. The number of carbonyl (C=O) groups excluding carboxylic acids is 1. The molecule has 0 aliphatic heterocycles. The molecule has 0 aromatic rings. The Kier molecular flexibility index (Phi) is 12.9. The zero-order valence-electron chi connectivity index (χ0n) is 15.6. The van der Waals surface area contributed by atoms with E-state index in [2.05, 4.69) is 26.6 Å². The molecule has 0 saturated heterocycles. The van der Waals surface area contributed by atoms with E-state index in [9.17, 15) is 4.79 Å². The lowest BCUT2D eigenvalue weighted by Gasteiger charge is -2.25. The summed E-state index contributed by atoms with van der Waals surface area (Å²) in [4.78, 5) is 11.5. The molecule has 0 aliphatic carbocycles. The van der Waals surface area contributed by atoms with Gasteiger partial charge in [-0.25, -0.2) is 0 Å². The van der Waals surface area contributed by atoms with Crippen LogP contribution in [0.5, 0.6) is 0 Å². The van der Waals surface area contributed by atoms with Gasteiger partial charge in [-0.15, -0.1) is 0 Å². The van der Waals surface area contributed by atoms with Crippen molar-refractivity contribution in [2.75, 3.05) is 7.11 Å². The molecule has 0 aromatic heterocycles. The van der Waals surface area contributed by atoms with Crippen molar-refractivity contribution in [3.05, 3.63) is 0 Å². The Hall–Kier alpha value is -0.353. The molecule has 1 atom stereocenters. The molecule has 0 heterocycles. The summed E-state index contributed by atoms with van der Waals surface area (Å²) in [5.41, 5.74) is 0. The highest BCUT2D eigenvalue weighted by Gasteiger charge is 2.23. The summed E-state index contributed by atoms with van der Waals surface area (Å²) in [7, 11) is -0.151. The minimum atomic E-state index is -1.60. The van der Waals surface area contributed by atoms with Gasteiger partial charge >= 0.3 is 5.97 Å². The van der Waals surface area contributed by atoms with E-state index in [1.165, 1.54) is 58.5 Å². The van der Waals surface area contributed by atoms with E-state index in [1.807, 2.05) is 0 Å². The van der Waals surface area contributed by atoms with Gasteiger partial charge in [0.15, 0.2) is 8.32 Å². The van der Waals surface area contributed by atoms with Crippen LogP contribution in [-0.2, 0) is 14.0 Å². The lowest BCUT2D eigenvalue weighted by molar-refractivity contribution is -0.142. The van der Waals surface area contributed by atoms with Crippen molar-refractivity contribution in [3.63, 3.8) is 0 Å². The number of hydrogen-bond acceptors (Lipinski definition) is 3. The van der Waals surface area contributed by atoms with Gasteiger partial charge in [0.2, 0.25) is 0 Å². The van der Waals surface area contributed by atoms with E-state index < -0.39 is 8.32 Å². The Balaban J connectivity index is 3.77. The topological polar surface area (TPSA) is 35.5 Å². The lowest BCUT2D eigenvalue weighted by Crippen LogP contribution is -2.33. The molecule has 3 nitrogen and oxygen atoms in total. The second-order valence-electron chi connectivity index (χ2n) is 7.25. The van der Waals surface area contributed by atoms with Gasteiger partial charge in [0.05, 0.1) is 19.6 Å². The first-order valence-corrected chi connectivity index (χ1v) is 12.5. The van der Waals surface area contributed by atoms with E-state index in [0.717, 1.165) is 12.8 Å². The molecule has 4 heteroatoms. The minimum absolute atomic E-state index is 0.0451. The summed E-state index contributed by atoms with van der Waals surface area (Å²) < 4.78 is 10.9. The average molecular weight is 331 g/mol. The molecule has 0 spiro atoms. The third kappa shape index (κ3) is 14.6. The average Bonchev–Trinajstić information content (AvgIpc) is 2.43. The molecule has 0 fully saturated rings. The van der Waals surface area contributed by atoms with Crippen LogP contribution in [0.25, 0.3) is 0 Å². The zero-order chi connectivity index (χ0) is 16.8. The molecular weight excluding hydrogens is 292 g/mol. The third-order valence-corrected chi connectivity index (χ3v) is 4.81. The van der Waals surface area contributed by atoms with Gasteiger partial charge in [-0.05, 0) is 26.1 Å². The molecule has 0 saturated carbocycles. The van der Waals surface area contributed by atoms with Gasteiger partial charge in [0.1, 0.15) is 0 Å². The fourth-order valence-corrected chi connectivity index (χ4v) is 3.86. The first-order valence-electron chi connectivity index (χ1n) is 9.13. The van der Waals surface area contributed by atoms with Crippen molar-refractivity contribution in [3.8, 4) is 0 Å². The Bertz CT molecular complexity index is 274. The maximum Gasteiger partial charge on any atom is 0.308 e. The van der Waals surface area contributed by atoms with Crippen LogP contribution in [-0.4, -0.2) is 27.5 Å². The maximum atomic E-state index is 11.5. The fraction of sp³-hybridized carbons (Fsp3) is 0.944. The highest BCUT2D eigenvalue weighted by Crippen LogP contribution is 2.18. The first kappa shape index (κ1) is 21.6. The summed E-state index contributed by atoms with van der Waals surface area (Å²) in [6.45, 7) is 8.78. The number of rotatable bonds is 14. The van der Waals surface area contributed by atoms with Gasteiger partial charge in [-0.3, -0.25) is 4.79 Å². The number of methoxy groups -OCH3 is 1. The normalized spacial score (nSPS) is 13.1. The molecule has 22 heavy (non-hydrogen) atoms. The molecule has 0 bridgehead atoms. The minimum Gasteiger partial charge on any atom is -0.469 e. The predicted octanol–water partition coefficient (Wildman–Crippen LogP) is 5.69. The van der Waals surface area contributed by atoms with Crippen LogP contribution in [0.1, 0.15) is 77.6 Å². The highest BCUT2D eigenvalue weighted by atomic mass is 28.4. The Morgan fingerprint density at radius 2 is 1.41 bits per heavy atom. The molecule has 0 aliphatic rings. The van der Waals surface area contributed by atoms with Gasteiger partial charge in [0.25, 0.3) is 0 Å². The van der Waals surface area contributed by atoms with Gasteiger partial charge in [0, 0.05) is 0 Å². The molecule has 132 valence electrons. The molecule has 0 aromatic carbocycles. The van der Waals surface area contributed by atoms with Crippen molar-refractivity contribution in [2.45, 2.75) is 103 Å². The number of unbranched alkanes of at least 4 members (excludes halogenated alkanes) is 8. The second-order valence-corrected chi connectivity index (χ2v) is 11.7. The molecule has 1 unspecified atom stereocenters. The van der Waals surface area contributed by atoms with Gasteiger partial charge in [-0.2, -0.15) is 0 Å². The summed E-state index contributed by atoms with van der Waals surface area (Å²) in [6.07, 6.45) is 13.3. The van der Waals surface area contributed by atoms with Crippen LogP contribution in [0.15, 0.2) is 0 Å². The highest BCUT2D eigenvalue weighted by molar-refractivity contribution is 6.69. The Morgan fingerprint density at radius 3 is 1.86 bits per heavy atom. The summed E-state index contributed by atoms with van der Waals surface area (Å²) >= 11 is 0. The van der Waals surface area contributed by atoms with Crippen LogP contribution in [0.4, 0.5) is 0 Å². The van der Waals surface area contributed by atoms with Crippen molar-refractivity contribution >= 4 is 14.3 Å².